The highest BCUT2D eigenvalue weighted by Crippen LogP contribution is 2.36. The van der Waals surface area contributed by atoms with Gasteiger partial charge in [0.15, 0.2) is 0 Å². The minimum absolute atomic E-state index is 0.233. The van der Waals surface area contributed by atoms with Crippen molar-refractivity contribution in [1.29, 1.82) is 5.26 Å². The van der Waals surface area contributed by atoms with Crippen molar-refractivity contribution in [2.75, 3.05) is 17.2 Å². The molecular formula is C16H14FN3. The molecule has 0 atom stereocenters. The average molecular weight is 267 g/mol. The second-order valence-corrected chi connectivity index (χ2v) is 4.89. The van der Waals surface area contributed by atoms with Gasteiger partial charge in [-0.25, -0.2) is 4.39 Å². The molecule has 100 valence electrons. The number of hydrogen-bond acceptors (Lipinski definition) is 3. The molecule has 0 aromatic heterocycles. The third kappa shape index (κ3) is 2.08. The van der Waals surface area contributed by atoms with Gasteiger partial charge >= 0.3 is 0 Å². The molecule has 2 aromatic carbocycles. The van der Waals surface area contributed by atoms with E-state index in [0.29, 0.717) is 5.69 Å². The summed E-state index contributed by atoms with van der Waals surface area (Å²) >= 11 is 0. The predicted molar refractivity (Wildman–Crippen MR) is 77.3 cm³/mol. The first-order chi connectivity index (χ1) is 9.69. The van der Waals surface area contributed by atoms with Crippen LogP contribution in [0.5, 0.6) is 0 Å². The second kappa shape index (κ2) is 4.86. The van der Waals surface area contributed by atoms with Crippen molar-refractivity contribution < 1.29 is 4.39 Å². The number of benzene rings is 2. The first-order valence-electron chi connectivity index (χ1n) is 6.50. The lowest BCUT2D eigenvalue weighted by Crippen LogP contribution is -2.14. The Labute approximate surface area is 117 Å². The minimum Gasteiger partial charge on any atom is -0.398 e. The highest BCUT2D eigenvalue weighted by molar-refractivity contribution is 5.72. The summed E-state index contributed by atoms with van der Waals surface area (Å²) in [6, 6.07) is 12.6. The van der Waals surface area contributed by atoms with E-state index in [1.807, 2.05) is 18.2 Å². The fraction of sp³-hybridized carbons (Fsp3) is 0.188. The average Bonchev–Trinajstić information content (AvgIpc) is 2.84. The Hall–Kier alpha value is -2.54. The maximum atomic E-state index is 13.4. The Morgan fingerprint density at radius 3 is 2.90 bits per heavy atom. The molecule has 1 heterocycles. The van der Waals surface area contributed by atoms with E-state index in [9.17, 15) is 4.39 Å². The maximum absolute atomic E-state index is 13.4. The van der Waals surface area contributed by atoms with Crippen molar-refractivity contribution in [2.24, 2.45) is 0 Å². The van der Waals surface area contributed by atoms with Crippen LogP contribution in [0.15, 0.2) is 36.4 Å². The molecule has 0 spiro atoms. The molecule has 2 aromatic rings. The van der Waals surface area contributed by atoms with E-state index < -0.39 is 0 Å². The van der Waals surface area contributed by atoms with Crippen LogP contribution in [0, 0.1) is 17.1 Å². The maximum Gasteiger partial charge on any atom is 0.125 e. The summed E-state index contributed by atoms with van der Waals surface area (Å²) in [5, 5.41) is 8.83. The molecular weight excluding hydrogens is 253 g/mol. The summed E-state index contributed by atoms with van der Waals surface area (Å²) in [6.07, 6.45) is 1.18. The molecule has 0 amide bonds. The number of hydrogen-bond donors (Lipinski definition) is 1. The molecule has 0 saturated heterocycles. The summed E-state index contributed by atoms with van der Waals surface area (Å²) in [4.78, 5) is 2.07. The zero-order valence-corrected chi connectivity index (χ0v) is 10.9. The van der Waals surface area contributed by atoms with Crippen LogP contribution in [0.4, 0.5) is 21.5 Å². The summed E-state index contributed by atoms with van der Waals surface area (Å²) in [7, 11) is 0. The quantitative estimate of drug-likeness (QED) is 0.850. The summed E-state index contributed by atoms with van der Waals surface area (Å²) in [6.45, 7) is 0.814. The Morgan fingerprint density at radius 2 is 2.10 bits per heavy atom. The zero-order chi connectivity index (χ0) is 14.1. The monoisotopic (exact) mass is 267 g/mol. The van der Waals surface area contributed by atoms with Gasteiger partial charge in [-0.1, -0.05) is 6.07 Å². The van der Waals surface area contributed by atoms with Crippen molar-refractivity contribution in [3.8, 4) is 6.07 Å². The minimum atomic E-state index is -0.233. The van der Waals surface area contributed by atoms with E-state index in [1.165, 1.54) is 6.07 Å². The van der Waals surface area contributed by atoms with Crippen LogP contribution in [-0.4, -0.2) is 6.54 Å². The van der Waals surface area contributed by atoms with Gasteiger partial charge in [0.25, 0.3) is 0 Å². The van der Waals surface area contributed by atoms with E-state index >= 15 is 0 Å². The van der Waals surface area contributed by atoms with Crippen LogP contribution in [-0.2, 0) is 12.8 Å². The zero-order valence-electron chi connectivity index (χ0n) is 10.9. The Morgan fingerprint density at radius 1 is 1.25 bits per heavy atom. The highest BCUT2D eigenvalue weighted by atomic mass is 19.1. The fourth-order valence-corrected chi connectivity index (χ4v) is 2.62. The molecule has 0 saturated carbocycles. The number of nitrogens with zero attached hydrogens (tertiary/aromatic N) is 2. The standard InChI is InChI=1S/C16H14FN3/c17-13-2-1-11-6-8-20(16(11)10-13)14-3-4-15(19)12(9-14)5-7-18/h1-4,9-10H,5-6,8,19H2. The first-order valence-corrected chi connectivity index (χ1v) is 6.50. The summed E-state index contributed by atoms with van der Waals surface area (Å²) in [5.41, 5.74) is 10.3. The molecule has 1 aliphatic rings. The molecule has 0 aliphatic carbocycles. The molecule has 3 rings (SSSR count). The van der Waals surface area contributed by atoms with Gasteiger partial charge in [-0.3, -0.25) is 0 Å². The van der Waals surface area contributed by atoms with E-state index in [-0.39, 0.29) is 12.2 Å². The first kappa shape index (κ1) is 12.5. The topological polar surface area (TPSA) is 53.0 Å². The Balaban J connectivity index is 2.02. The third-order valence-electron chi connectivity index (χ3n) is 3.65. The lowest BCUT2D eigenvalue weighted by atomic mass is 10.1. The second-order valence-electron chi connectivity index (χ2n) is 4.89. The SMILES string of the molecule is N#CCc1cc(N2CCc3ccc(F)cc32)ccc1N. The Bertz CT molecular complexity index is 703. The van der Waals surface area contributed by atoms with Crippen LogP contribution >= 0.6 is 0 Å². The van der Waals surface area contributed by atoms with Crippen molar-refractivity contribution in [1.82, 2.24) is 0 Å². The smallest absolute Gasteiger partial charge is 0.125 e. The van der Waals surface area contributed by atoms with Crippen LogP contribution in [0.2, 0.25) is 0 Å². The predicted octanol–water partition coefficient (Wildman–Crippen LogP) is 3.17. The number of rotatable bonds is 2. The largest absolute Gasteiger partial charge is 0.398 e. The van der Waals surface area contributed by atoms with Crippen molar-refractivity contribution in [3.05, 3.63) is 53.3 Å². The van der Waals surface area contributed by atoms with E-state index in [0.717, 1.165) is 35.5 Å². The van der Waals surface area contributed by atoms with Gasteiger partial charge in [0.2, 0.25) is 0 Å². The van der Waals surface area contributed by atoms with Gasteiger partial charge in [0, 0.05) is 23.6 Å². The molecule has 3 nitrogen and oxygen atoms in total. The molecule has 0 unspecified atom stereocenters. The normalized spacial score (nSPS) is 13.1. The van der Waals surface area contributed by atoms with Gasteiger partial charge in [-0.15, -0.1) is 0 Å². The number of anilines is 3. The molecule has 2 N–H and O–H groups in total. The van der Waals surface area contributed by atoms with Gasteiger partial charge < -0.3 is 10.6 Å². The number of fused-ring (bicyclic) bond motifs is 1. The highest BCUT2D eigenvalue weighted by Gasteiger charge is 2.21. The van der Waals surface area contributed by atoms with Crippen LogP contribution in [0.25, 0.3) is 0 Å². The van der Waals surface area contributed by atoms with Gasteiger partial charge in [-0.05, 0) is 47.9 Å². The lowest BCUT2D eigenvalue weighted by Gasteiger charge is -2.20. The van der Waals surface area contributed by atoms with Gasteiger partial charge in [0.05, 0.1) is 12.5 Å². The summed E-state index contributed by atoms with van der Waals surface area (Å²) < 4.78 is 13.4. The van der Waals surface area contributed by atoms with Crippen LogP contribution in [0.3, 0.4) is 0 Å². The fourth-order valence-electron chi connectivity index (χ4n) is 2.62. The van der Waals surface area contributed by atoms with Gasteiger partial charge in [-0.2, -0.15) is 5.26 Å². The third-order valence-corrected chi connectivity index (χ3v) is 3.65. The molecule has 0 bridgehead atoms. The number of halogens is 1. The van der Waals surface area contributed by atoms with Crippen molar-refractivity contribution in [3.63, 3.8) is 0 Å². The van der Waals surface area contributed by atoms with Gasteiger partial charge in [0.1, 0.15) is 5.82 Å². The van der Waals surface area contributed by atoms with Crippen LogP contribution in [0.1, 0.15) is 11.1 Å². The van der Waals surface area contributed by atoms with E-state index in [4.69, 9.17) is 11.0 Å². The Kier molecular flexibility index (Phi) is 3.03. The van der Waals surface area contributed by atoms with Crippen LogP contribution < -0.4 is 10.6 Å². The molecule has 1 aliphatic heterocycles. The van der Waals surface area contributed by atoms with E-state index in [1.54, 1.807) is 12.1 Å². The number of nitrogens with two attached hydrogens (primary N) is 1. The molecule has 4 heteroatoms. The number of nitrogen functional groups attached to an aromatic ring is 1. The molecule has 0 fully saturated rings. The molecule has 20 heavy (non-hydrogen) atoms. The number of nitriles is 1. The summed E-state index contributed by atoms with van der Waals surface area (Å²) in [5.74, 6) is -0.233. The van der Waals surface area contributed by atoms with Crippen molar-refractivity contribution in [2.45, 2.75) is 12.8 Å². The van der Waals surface area contributed by atoms with Crippen molar-refractivity contribution >= 4 is 17.1 Å². The van der Waals surface area contributed by atoms with E-state index in [2.05, 4.69) is 11.0 Å². The molecule has 0 radical (unpaired) electrons. The lowest BCUT2D eigenvalue weighted by molar-refractivity contribution is 0.628.